The zero-order valence-electron chi connectivity index (χ0n) is 10.8. The van der Waals surface area contributed by atoms with Crippen molar-refractivity contribution < 1.29 is 9.50 Å². The Bertz CT molecular complexity index is 384. The molecule has 18 heavy (non-hydrogen) atoms. The maximum absolute atomic E-state index is 12.8. The van der Waals surface area contributed by atoms with Crippen molar-refractivity contribution in [3.63, 3.8) is 0 Å². The van der Waals surface area contributed by atoms with E-state index >= 15 is 0 Å². The quantitative estimate of drug-likeness (QED) is 0.912. The van der Waals surface area contributed by atoms with Crippen LogP contribution in [-0.4, -0.2) is 40.1 Å². The minimum Gasteiger partial charge on any atom is -0.387 e. The number of β-amino-alcohol motifs (C(OH)–C–C–N with tert-alkyl or cyclic N) is 1. The van der Waals surface area contributed by atoms with Gasteiger partial charge in [0.05, 0.1) is 6.10 Å². The van der Waals surface area contributed by atoms with Gasteiger partial charge in [-0.25, -0.2) is 4.39 Å². The zero-order chi connectivity index (χ0) is 13.1. The van der Waals surface area contributed by atoms with Crippen molar-refractivity contribution in [2.45, 2.75) is 31.2 Å². The first-order chi connectivity index (χ1) is 8.58. The van der Waals surface area contributed by atoms with Crippen molar-refractivity contribution in [3.8, 4) is 0 Å². The first-order valence-electron chi connectivity index (χ1n) is 6.37. The van der Waals surface area contributed by atoms with E-state index in [1.807, 2.05) is 11.8 Å². The number of benzene rings is 1. The lowest BCUT2D eigenvalue weighted by atomic mass is 10.1. The maximum atomic E-state index is 12.8. The average molecular weight is 269 g/mol. The summed E-state index contributed by atoms with van der Waals surface area (Å²) in [5.74, 6) is 0.851. The van der Waals surface area contributed by atoms with Crippen molar-refractivity contribution >= 4 is 11.8 Å². The van der Waals surface area contributed by atoms with Gasteiger partial charge < -0.3 is 5.11 Å². The van der Waals surface area contributed by atoms with E-state index < -0.39 is 6.10 Å². The van der Waals surface area contributed by atoms with E-state index in [-0.39, 0.29) is 5.82 Å². The van der Waals surface area contributed by atoms with Crippen LogP contribution in [0.3, 0.4) is 0 Å². The Balaban J connectivity index is 1.98. The van der Waals surface area contributed by atoms with Crippen LogP contribution in [0.5, 0.6) is 0 Å². The van der Waals surface area contributed by atoms with Crippen molar-refractivity contribution in [1.82, 2.24) is 4.90 Å². The zero-order valence-corrected chi connectivity index (χ0v) is 11.7. The highest BCUT2D eigenvalue weighted by Gasteiger charge is 2.26. The van der Waals surface area contributed by atoms with E-state index in [1.165, 1.54) is 12.1 Å². The number of thioether (sulfide) groups is 1. The number of aliphatic hydroxyl groups excluding tert-OH is 1. The van der Waals surface area contributed by atoms with E-state index in [1.54, 1.807) is 12.1 Å². The minimum absolute atomic E-state index is 0.262. The molecule has 0 amide bonds. The van der Waals surface area contributed by atoms with Gasteiger partial charge in [0.2, 0.25) is 0 Å². The molecule has 1 saturated heterocycles. The first kappa shape index (κ1) is 13.8. The molecule has 0 saturated carbocycles. The third kappa shape index (κ3) is 3.25. The SMILES string of the molecule is CC1SCCN(CC(O)c2ccc(F)cc2)C1C. The lowest BCUT2D eigenvalue weighted by Crippen LogP contribution is -2.46. The molecule has 1 aliphatic heterocycles. The summed E-state index contributed by atoms with van der Waals surface area (Å²) in [5, 5.41) is 10.8. The third-order valence-corrected chi connectivity index (χ3v) is 5.01. The minimum atomic E-state index is -0.539. The van der Waals surface area contributed by atoms with E-state index in [2.05, 4.69) is 18.7 Å². The highest BCUT2D eigenvalue weighted by molar-refractivity contribution is 8.00. The summed E-state index contributed by atoms with van der Waals surface area (Å²) in [6, 6.07) is 6.59. The molecule has 2 rings (SSSR count). The molecule has 1 fully saturated rings. The van der Waals surface area contributed by atoms with Gasteiger partial charge >= 0.3 is 0 Å². The molecule has 3 unspecified atom stereocenters. The van der Waals surface area contributed by atoms with Crippen LogP contribution < -0.4 is 0 Å². The highest BCUT2D eigenvalue weighted by Crippen LogP contribution is 2.26. The van der Waals surface area contributed by atoms with Crippen LogP contribution in [0.2, 0.25) is 0 Å². The molecule has 0 bridgehead atoms. The molecule has 1 aliphatic rings. The van der Waals surface area contributed by atoms with Crippen molar-refractivity contribution in [3.05, 3.63) is 35.6 Å². The number of aliphatic hydroxyl groups is 1. The number of hydrogen-bond acceptors (Lipinski definition) is 3. The van der Waals surface area contributed by atoms with Crippen LogP contribution >= 0.6 is 11.8 Å². The Morgan fingerprint density at radius 2 is 2.06 bits per heavy atom. The Kier molecular flexibility index (Phi) is 4.65. The molecule has 3 atom stereocenters. The number of hydrogen-bond donors (Lipinski definition) is 1. The summed E-state index contributed by atoms with van der Waals surface area (Å²) in [4.78, 5) is 2.31. The second-order valence-electron chi connectivity index (χ2n) is 4.88. The van der Waals surface area contributed by atoms with Crippen LogP contribution in [0, 0.1) is 5.82 Å². The molecule has 100 valence electrons. The largest absolute Gasteiger partial charge is 0.387 e. The summed E-state index contributed by atoms with van der Waals surface area (Å²) in [6.07, 6.45) is -0.539. The maximum Gasteiger partial charge on any atom is 0.123 e. The van der Waals surface area contributed by atoms with Gasteiger partial charge in [0, 0.05) is 30.1 Å². The molecule has 0 aromatic heterocycles. The Morgan fingerprint density at radius 1 is 1.39 bits per heavy atom. The van der Waals surface area contributed by atoms with Gasteiger partial charge in [-0.3, -0.25) is 4.90 Å². The van der Waals surface area contributed by atoms with Gasteiger partial charge in [0.1, 0.15) is 5.82 Å². The summed E-state index contributed by atoms with van der Waals surface area (Å²) in [7, 11) is 0. The summed E-state index contributed by atoms with van der Waals surface area (Å²) in [6.45, 7) is 6.06. The number of rotatable bonds is 3. The monoisotopic (exact) mass is 269 g/mol. The van der Waals surface area contributed by atoms with E-state index in [4.69, 9.17) is 0 Å². The van der Waals surface area contributed by atoms with Crippen molar-refractivity contribution in [2.75, 3.05) is 18.8 Å². The predicted molar refractivity (Wildman–Crippen MR) is 74.3 cm³/mol. The van der Waals surface area contributed by atoms with Gasteiger partial charge in [-0.05, 0) is 24.6 Å². The second kappa shape index (κ2) is 6.04. The smallest absolute Gasteiger partial charge is 0.123 e. The van der Waals surface area contributed by atoms with E-state index in [0.717, 1.165) is 17.9 Å². The van der Waals surface area contributed by atoms with Crippen LogP contribution in [0.1, 0.15) is 25.5 Å². The normalized spacial score (nSPS) is 27.1. The molecule has 1 aromatic rings. The van der Waals surface area contributed by atoms with Gasteiger partial charge in [-0.15, -0.1) is 0 Å². The highest BCUT2D eigenvalue weighted by atomic mass is 32.2. The Morgan fingerprint density at radius 3 is 2.72 bits per heavy atom. The summed E-state index contributed by atoms with van der Waals surface area (Å²) in [5.41, 5.74) is 0.787. The number of nitrogens with zero attached hydrogens (tertiary/aromatic N) is 1. The molecular formula is C14H20FNOS. The van der Waals surface area contributed by atoms with Gasteiger partial charge in [0.15, 0.2) is 0 Å². The molecule has 0 aliphatic carbocycles. The Hall–Kier alpha value is -0.580. The van der Waals surface area contributed by atoms with Gasteiger partial charge in [0.25, 0.3) is 0 Å². The molecule has 1 aromatic carbocycles. The number of halogens is 1. The van der Waals surface area contributed by atoms with Gasteiger partial charge in [-0.2, -0.15) is 11.8 Å². The van der Waals surface area contributed by atoms with E-state index in [0.29, 0.717) is 17.8 Å². The van der Waals surface area contributed by atoms with Gasteiger partial charge in [-0.1, -0.05) is 19.1 Å². The molecule has 2 nitrogen and oxygen atoms in total. The topological polar surface area (TPSA) is 23.5 Å². The molecule has 0 radical (unpaired) electrons. The standard InChI is InChI=1S/C14H20FNOS/c1-10-11(2)18-8-7-16(10)9-14(17)12-3-5-13(15)6-4-12/h3-6,10-11,14,17H,7-9H2,1-2H3. The lowest BCUT2D eigenvalue weighted by molar-refractivity contribution is 0.0929. The fraction of sp³-hybridized carbons (Fsp3) is 0.571. The molecule has 1 N–H and O–H groups in total. The van der Waals surface area contributed by atoms with Crippen molar-refractivity contribution in [2.24, 2.45) is 0 Å². The van der Waals surface area contributed by atoms with Crippen LogP contribution in [0.15, 0.2) is 24.3 Å². The van der Waals surface area contributed by atoms with Crippen LogP contribution in [0.25, 0.3) is 0 Å². The predicted octanol–water partition coefficient (Wildman–Crippen LogP) is 2.68. The summed E-state index contributed by atoms with van der Waals surface area (Å²) >= 11 is 1.98. The van der Waals surface area contributed by atoms with Crippen LogP contribution in [0.4, 0.5) is 4.39 Å². The molecule has 1 heterocycles. The first-order valence-corrected chi connectivity index (χ1v) is 7.42. The van der Waals surface area contributed by atoms with Crippen LogP contribution in [-0.2, 0) is 0 Å². The molecule has 0 spiro atoms. The summed E-state index contributed by atoms with van der Waals surface area (Å²) < 4.78 is 12.8. The molecule has 4 heteroatoms. The molecular weight excluding hydrogens is 249 g/mol. The second-order valence-corrected chi connectivity index (χ2v) is 6.36. The lowest BCUT2D eigenvalue weighted by Gasteiger charge is -2.38. The third-order valence-electron chi connectivity index (χ3n) is 3.68. The fourth-order valence-corrected chi connectivity index (χ4v) is 3.43. The van der Waals surface area contributed by atoms with E-state index in [9.17, 15) is 9.50 Å². The fourth-order valence-electron chi connectivity index (χ4n) is 2.27. The van der Waals surface area contributed by atoms with Crippen molar-refractivity contribution in [1.29, 1.82) is 0 Å². The average Bonchev–Trinajstić information content (AvgIpc) is 2.36. The Labute approximate surface area is 112 Å².